The van der Waals surface area contributed by atoms with E-state index < -0.39 is 0 Å². The van der Waals surface area contributed by atoms with Crippen molar-refractivity contribution in [3.63, 3.8) is 0 Å². The van der Waals surface area contributed by atoms with Crippen LogP contribution in [0.3, 0.4) is 0 Å². The van der Waals surface area contributed by atoms with Crippen molar-refractivity contribution in [2.24, 2.45) is 0 Å². The van der Waals surface area contributed by atoms with E-state index in [-0.39, 0.29) is 0 Å². The fraction of sp³-hybridized carbons (Fsp3) is 0.471. The lowest BCUT2D eigenvalue weighted by molar-refractivity contribution is 0.247. The summed E-state index contributed by atoms with van der Waals surface area (Å²) in [6, 6.07) is 6.16. The zero-order valence-corrected chi connectivity index (χ0v) is 14.4. The standard InChI is InChI=1S/C17H21N5S/c1-3-17-19-14(12-23-17)11-21-6-8-22(9-7-21)16-5-4-13(2)15(10-18)20-16/h4-5,12H,3,6-9,11H2,1-2H3. The first kappa shape index (κ1) is 15.9. The van der Waals surface area contributed by atoms with Gasteiger partial charge in [-0.2, -0.15) is 5.26 Å². The van der Waals surface area contributed by atoms with Gasteiger partial charge in [0.15, 0.2) is 0 Å². The Bertz CT molecular complexity index is 710. The molecule has 0 spiro atoms. The second kappa shape index (κ2) is 7.07. The molecule has 23 heavy (non-hydrogen) atoms. The van der Waals surface area contributed by atoms with Crippen molar-refractivity contribution in [1.29, 1.82) is 5.26 Å². The molecule has 2 aromatic heterocycles. The molecule has 0 aromatic carbocycles. The molecule has 0 aliphatic carbocycles. The van der Waals surface area contributed by atoms with E-state index in [9.17, 15) is 0 Å². The smallest absolute Gasteiger partial charge is 0.145 e. The van der Waals surface area contributed by atoms with E-state index >= 15 is 0 Å². The fourth-order valence-corrected chi connectivity index (χ4v) is 3.49. The van der Waals surface area contributed by atoms with E-state index in [2.05, 4.69) is 38.1 Å². The Kier molecular flexibility index (Phi) is 4.89. The Balaban J connectivity index is 1.59. The van der Waals surface area contributed by atoms with E-state index in [0.717, 1.165) is 50.5 Å². The van der Waals surface area contributed by atoms with Crippen LogP contribution >= 0.6 is 11.3 Å². The summed E-state index contributed by atoms with van der Waals surface area (Å²) in [5.41, 5.74) is 2.64. The molecule has 1 aliphatic heterocycles. The topological polar surface area (TPSA) is 56.1 Å². The molecule has 0 N–H and O–H groups in total. The minimum absolute atomic E-state index is 0.527. The van der Waals surface area contributed by atoms with Crippen molar-refractivity contribution >= 4 is 17.2 Å². The van der Waals surface area contributed by atoms with Gasteiger partial charge in [0.25, 0.3) is 0 Å². The zero-order chi connectivity index (χ0) is 16.2. The molecule has 5 nitrogen and oxygen atoms in total. The van der Waals surface area contributed by atoms with Gasteiger partial charge in [-0.1, -0.05) is 13.0 Å². The number of thiazole rings is 1. The van der Waals surface area contributed by atoms with Crippen LogP contribution in [0.1, 0.15) is 28.9 Å². The lowest BCUT2D eigenvalue weighted by Crippen LogP contribution is -2.46. The van der Waals surface area contributed by atoms with Gasteiger partial charge in [0.05, 0.1) is 10.7 Å². The molecule has 0 amide bonds. The number of piperazine rings is 1. The maximum absolute atomic E-state index is 9.12. The van der Waals surface area contributed by atoms with Crippen LogP contribution in [-0.4, -0.2) is 41.0 Å². The normalized spacial score (nSPS) is 15.6. The Morgan fingerprint density at radius 3 is 2.65 bits per heavy atom. The second-order valence-corrected chi connectivity index (χ2v) is 6.74. The SMILES string of the molecule is CCc1nc(CN2CCN(c3ccc(C)c(C#N)n3)CC2)cs1. The van der Waals surface area contributed by atoms with Gasteiger partial charge in [-0.05, 0) is 25.0 Å². The Labute approximate surface area is 141 Å². The third kappa shape index (κ3) is 3.69. The van der Waals surface area contributed by atoms with E-state index in [0.29, 0.717) is 5.69 Å². The molecule has 1 aliphatic rings. The van der Waals surface area contributed by atoms with Crippen molar-refractivity contribution < 1.29 is 0 Å². The molecule has 3 rings (SSSR count). The number of pyridine rings is 1. The minimum Gasteiger partial charge on any atom is -0.354 e. The van der Waals surface area contributed by atoms with Gasteiger partial charge in [-0.25, -0.2) is 9.97 Å². The summed E-state index contributed by atoms with van der Waals surface area (Å²) in [6.07, 6.45) is 1.01. The number of hydrogen-bond acceptors (Lipinski definition) is 6. The van der Waals surface area contributed by atoms with E-state index in [1.165, 1.54) is 10.7 Å². The number of anilines is 1. The van der Waals surface area contributed by atoms with Crippen LogP contribution in [0.2, 0.25) is 0 Å². The van der Waals surface area contributed by atoms with Crippen LogP contribution in [0, 0.1) is 18.3 Å². The Morgan fingerprint density at radius 1 is 1.22 bits per heavy atom. The highest BCUT2D eigenvalue weighted by atomic mass is 32.1. The zero-order valence-electron chi connectivity index (χ0n) is 13.6. The largest absolute Gasteiger partial charge is 0.354 e. The van der Waals surface area contributed by atoms with Gasteiger partial charge in [0.1, 0.15) is 17.6 Å². The van der Waals surface area contributed by atoms with Gasteiger partial charge in [-0.3, -0.25) is 4.90 Å². The highest BCUT2D eigenvalue weighted by Gasteiger charge is 2.19. The number of aromatic nitrogens is 2. The monoisotopic (exact) mass is 327 g/mol. The van der Waals surface area contributed by atoms with Gasteiger partial charge in [0.2, 0.25) is 0 Å². The van der Waals surface area contributed by atoms with Crippen LogP contribution < -0.4 is 4.90 Å². The molecule has 0 saturated carbocycles. The summed E-state index contributed by atoms with van der Waals surface area (Å²) in [7, 11) is 0. The van der Waals surface area contributed by atoms with E-state index in [1.54, 1.807) is 11.3 Å². The third-order valence-electron chi connectivity index (χ3n) is 4.17. The van der Waals surface area contributed by atoms with Gasteiger partial charge in [-0.15, -0.1) is 11.3 Å². The van der Waals surface area contributed by atoms with Crippen LogP contribution in [0.4, 0.5) is 5.82 Å². The number of rotatable bonds is 4. The first-order chi connectivity index (χ1) is 11.2. The number of nitriles is 1. The maximum atomic E-state index is 9.12. The maximum Gasteiger partial charge on any atom is 0.145 e. The van der Waals surface area contributed by atoms with E-state index in [4.69, 9.17) is 5.26 Å². The van der Waals surface area contributed by atoms with Crippen LogP contribution in [0.25, 0.3) is 0 Å². The van der Waals surface area contributed by atoms with Crippen molar-refractivity contribution in [3.8, 4) is 6.07 Å². The lowest BCUT2D eigenvalue weighted by atomic mass is 10.2. The predicted octanol–water partition coefficient (Wildman–Crippen LogP) is 2.60. The number of hydrogen-bond donors (Lipinski definition) is 0. The quantitative estimate of drug-likeness (QED) is 0.864. The van der Waals surface area contributed by atoms with Crippen LogP contribution in [-0.2, 0) is 13.0 Å². The molecule has 1 saturated heterocycles. The van der Waals surface area contributed by atoms with Gasteiger partial charge >= 0.3 is 0 Å². The van der Waals surface area contributed by atoms with Crippen LogP contribution in [0.15, 0.2) is 17.5 Å². The number of nitrogens with zero attached hydrogens (tertiary/aromatic N) is 5. The summed E-state index contributed by atoms with van der Waals surface area (Å²) >= 11 is 1.75. The fourth-order valence-electron chi connectivity index (χ4n) is 2.76. The van der Waals surface area contributed by atoms with Gasteiger partial charge in [0, 0.05) is 38.1 Å². The van der Waals surface area contributed by atoms with Crippen LogP contribution in [0.5, 0.6) is 0 Å². The molecule has 0 radical (unpaired) electrons. The molecule has 0 atom stereocenters. The summed E-state index contributed by atoms with van der Waals surface area (Å²) in [4.78, 5) is 13.8. The minimum atomic E-state index is 0.527. The van der Waals surface area contributed by atoms with Gasteiger partial charge < -0.3 is 4.90 Å². The average Bonchev–Trinajstić information content (AvgIpc) is 3.04. The Hall–Kier alpha value is -1.97. The molecule has 3 heterocycles. The average molecular weight is 327 g/mol. The summed E-state index contributed by atoms with van der Waals surface area (Å²) in [6.45, 7) is 8.86. The van der Waals surface area contributed by atoms with E-state index in [1.807, 2.05) is 19.1 Å². The van der Waals surface area contributed by atoms with Crippen molar-refractivity contribution in [2.75, 3.05) is 31.1 Å². The summed E-state index contributed by atoms with van der Waals surface area (Å²) in [5.74, 6) is 0.911. The Morgan fingerprint density at radius 2 is 2.00 bits per heavy atom. The third-order valence-corrected chi connectivity index (χ3v) is 5.21. The van der Waals surface area contributed by atoms with Crippen molar-refractivity contribution in [2.45, 2.75) is 26.8 Å². The van der Waals surface area contributed by atoms with Crippen molar-refractivity contribution in [1.82, 2.24) is 14.9 Å². The summed E-state index contributed by atoms with van der Waals surface area (Å²) < 4.78 is 0. The lowest BCUT2D eigenvalue weighted by Gasteiger charge is -2.35. The first-order valence-corrected chi connectivity index (χ1v) is 8.86. The second-order valence-electron chi connectivity index (χ2n) is 5.80. The molecule has 6 heteroatoms. The summed E-state index contributed by atoms with van der Waals surface area (Å²) in [5, 5.41) is 12.5. The number of aryl methyl sites for hydroxylation is 2. The molecule has 1 fully saturated rings. The molecular formula is C17H21N5S. The molecule has 2 aromatic rings. The highest BCUT2D eigenvalue weighted by molar-refractivity contribution is 7.09. The molecule has 0 unspecified atom stereocenters. The molecule has 0 bridgehead atoms. The molecule has 120 valence electrons. The predicted molar refractivity (Wildman–Crippen MR) is 92.7 cm³/mol. The molecular weight excluding hydrogens is 306 g/mol. The highest BCUT2D eigenvalue weighted by Crippen LogP contribution is 2.18. The first-order valence-electron chi connectivity index (χ1n) is 7.98. The van der Waals surface area contributed by atoms with Crippen molar-refractivity contribution in [3.05, 3.63) is 39.5 Å².